The summed E-state index contributed by atoms with van der Waals surface area (Å²) >= 11 is 0. The highest BCUT2D eigenvalue weighted by atomic mass is 19.4. The summed E-state index contributed by atoms with van der Waals surface area (Å²) < 4.78 is 81.4. The van der Waals surface area contributed by atoms with Crippen molar-refractivity contribution in [1.82, 2.24) is 0 Å². The van der Waals surface area contributed by atoms with Gasteiger partial charge in [0.15, 0.2) is 0 Å². The Morgan fingerprint density at radius 1 is 0.938 bits per heavy atom. The zero-order valence-electron chi connectivity index (χ0n) is 8.07. The van der Waals surface area contributed by atoms with Crippen LogP contribution >= 0.6 is 0 Å². The van der Waals surface area contributed by atoms with Gasteiger partial charge in [0, 0.05) is 5.92 Å². The van der Waals surface area contributed by atoms with Gasteiger partial charge in [-0.1, -0.05) is 0 Å². The van der Waals surface area contributed by atoms with Crippen molar-refractivity contribution < 1.29 is 35.8 Å². The molecule has 1 rings (SSSR count). The Morgan fingerprint density at radius 2 is 1.50 bits per heavy atom. The van der Waals surface area contributed by atoms with Gasteiger partial charge < -0.3 is 9.47 Å². The average molecular weight is 252 g/mol. The predicted octanol–water partition coefficient (Wildman–Crippen LogP) is 2.88. The third kappa shape index (κ3) is 5.02. The normalized spacial score (nSPS) is 28.1. The second kappa shape index (κ2) is 4.79. The number of hydrogen-bond acceptors (Lipinski definition) is 2. The topological polar surface area (TPSA) is 18.5 Å². The zero-order valence-corrected chi connectivity index (χ0v) is 8.07. The van der Waals surface area contributed by atoms with Gasteiger partial charge in [0.05, 0.1) is 25.6 Å². The fraction of sp³-hybridized carbons (Fsp3) is 1.00. The van der Waals surface area contributed by atoms with E-state index >= 15 is 0 Å². The molecule has 2 unspecified atom stereocenters. The van der Waals surface area contributed by atoms with Crippen LogP contribution in [0, 0.1) is 5.92 Å². The van der Waals surface area contributed by atoms with Gasteiger partial charge in [-0.2, -0.15) is 26.3 Å². The predicted molar refractivity (Wildman–Crippen MR) is 40.5 cm³/mol. The van der Waals surface area contributed by atoms with E-state index in [1.165, 1.54) is 0 Å². The Morgan fingerprint density at radius 3 is 2.00 bits per heavy atom. The minimum atomic E-state index is -4.54. The van der Waals surface area contributed by atoms with E-state index in [-0.39, 0.29) is 6.61 Å². The van der Waals surface area contributed by atoms with Crippen molar-refractivity contribution in [3.05, 3.63) is 0 Å². The molecule has 0 spiro atoms. The number of rotatable bonds is 2. The molecule has 0 aromatic heterocycles. The van der Waals surface area contributed by atoms with E-state index < -0.39 is 44.0 Å². The summed E-state index contributed by atoms with van der Waals surface area (Å²) in [6.45, 7) is -0.755. The van der Waals surface area contributed by atoms with Crippen molar-refractivity contribution in [2.45, 2.75) is 31.3 Å². The molecule has 8 heteroatoms. The molecule has 16 heavy (non-hydrogen) atoms. The molecule has 0 amide bonds. The van der Waals surface area contributed by atoms with Crippen molar-refractivity contribution in [1.29, 1.82) is 0 Å². The van der Waals surface area contributed by atoms with Crippen LogP contribution in [0.2, 0.25) is 0 Å². The molecule has 0 aliphatic carbocycles. The lowest BCUT2D eigenvalue weighted by molar-refractivity contribution is -0.238. The van der Waals surface area contributed by atoms with E-state index in [0.717, 1.165) is 0 Å². The Kier molecular flexibility index (Phi) is 4.06. The van der Waals surface area contributed by atoms with Gasteiger partial charge in [-0.25, -0.2) is 0 Å². The highest BCUT2D eigenvalue weighted by Gasteiger charge is 2.42. The van der Waals surface area contributed by atoms with Crippen LogP contribution in [-0.4, -0.2) is 31.9 Å². The smallest absolute Gasteiger partial charge is 0.355 e. The maximum absolute atomic E-state index is 12.1. The summed E-state index contributed by atoms with van der Waals surface area (Å²) in [5, 5.41) is 0. The van der Waals surface area contributed by atoms with Crippen molar-refractivity contribution >= 4 is 0 Å². The van der Waals surface area contributed by atoms with Crippen LogP contribution in [0.1, 0.15) is 12.8 Å². The van der Waals surface area contributed by atoms with Gasteiger partial charge in [-0.3, -0.25) is 0 Å². The molecule has 1 fully saturated rings. The lowest BCUT2D eigenvalue weighted by Crippen LogP contribution is -2.39. The largest absolute Gasteiger partial charge is 0.391 e. The fourth-order valence-corrected chi connectivity index (χ4v) is 1.52. The molecule has 0 radical (unpaired) electrons. The van der Waals surface area contributed by atoms with Crippen LogP contribution in [-0.2, 0) is 9.47 Å². The van der Waals surface area contributed by atoms with Gasteiger partial charge in [-0.15, -0.1) is 0 Å². The van der Waals surface area contributed by atoms with Crippen LogP contribution in [0.25, 0.3) is 0 Å². The van der Waals surface area contributed by atoms with Crippen molar-refractivity contribution in [2.24, 2.45) is 5.92 Å². The zero-order chi connectivity index (χ0) is 12.4. The third-order valence-corrected chi connectivity index (χ3v) is 2.15. The minimum absolute atomic E-state index is 0.361. The Balaban J connectivity index is 2.57. The van der Waals surface area contributed by atoms with Gasteiger partial charge in [0.1, 0.15) is 6.79 Å². The summed E-state index contributed by atoms with van der Waals surface area (Å²) in [6.07, 6.45) is -13.2. The van der Waals surface area contributed by atoms with Crippen LogP contribution < -0.4 is 0 Å². The number of halogens is 6. The van der Waals surface area contributed by atoms with Crippen LogP contribution in [0.5, 0.6) is 0 Å². The fourth-order valence-electron chi connectivity index (χ4n) is 1.52. The highest BCUT2D eigenvalue weighted by Crippen LogP contribution is 2.34. The van der Waals surface area contributed by atoms with Gasteiger partial charge in [0.2, 0.25) is 0 Å². The van der Waals surface area contributed by atoms with Crippen molar-refractivity contribution in [3.8, 4) is 0 Å². The number of hydrogen-bond donors (Lipinski definition) is 0. The van der Waals surface area contributed by atoms with E-state index in [9.17, 15) is 26.3 Å². The Labute approximate surface area is 87.5 Å². The molecule has 0 bridgehead atoms. The SMILES string of the molecule is FC(F)(F)CC1COCOC1CC(F)(F)F. The molecule has 96 valence electrons. The molecule has 0 aromatic rings. The second-order valence-electron chi connectivity index (χ2n) is 3.59. The van der Waals surface area contributed by atoms with E-state index in [4.69, 9.17) is 0 Å². The number of alkyl halides is 6. The molecular formula is C8H10F6O2. The third-order valence-electron chi connectivity index (χ3n) is 2.15. The van der Waals surface area contributed by atoms with Crippen molar-refractivity contribution in [3.63, 3.8) is 0 Å². The van der Waals surface area contributed by atoms with Crippen LogP contribution in [0.4, 0.5) is 26.3 Å². The average Bonchev–Trinajstić information content (AvgIpc) is 2.03. The minimum Gasteiger partial charge on any atom is -0.355 e. The van der Waals surface area contributed by atoms with E-state index in [2.05, 4.69) is 9.47 Å². The maximum atomic E-state index is 12.1. The summed E-state index contributed by atoms with van der Waals surface area (Å²) in [4.78, 5) is 0. The highest BCUT2D eigenvalue weighted by molar-refractivity contribution is 4.77. The van der Waals surface area contributed by atoms with E-state index in [1.807, 2.05) is 0 Å². The molecule has 0 aromatic carbocycles. The van der Waals surface area contributed by atoms with Gasteiger partial charge in [0.25, 0.3) is 0 Å². The monoisotopic (exact) mass is 252 g/mol. The second-order valence-corrected chi connectivity index (χ2v) is 3.59. The molecule has 2 atom stereocenters. The molecule has 1 saturated heterocycles. The van der Waals surface area contributed by atoms with Crippen LogP contribution in [0.3, 0.4) is 0 Å². The molecular weight excluding hydrogens is 242 g/mol. The lowest BCUT2D eigenvalue weighted by Gasteiger charge is -2.32. The first-order chi connectivity index (χ1) is 7.17. The Hall–Kier alpha value is -0.500. The first kappa shape index (κ1) is 13.6. The van der Waals surface area contributed by atoms with Gasteiger partial charge in [-0.05, 0) is 0 Å². The summed E-state index contributed by atoms with van der Waals surface area (Å²) in [5.74, 6) is -1.30. The standard InChI is InChI=1S/C8H10F6O2/c9-7(10,11)1-5-3-15-4-16-6(5)2-8(12,13)14/h5-6H,1-4H2. The lowest BCUT2D eigenvalue weighted by atomic mass is 9.95. The Bertz CT molecular complexity index is 200. The first-order valence-electron chi connectivity index (χ1n) is 4.50. The molecule has 0 saturated carbocycles. The van der Waals surface area contributed by atoms with E-state index in [0.29, 0.717) is 0 Å². The first-order valence-corrected chi connectivity index (χ1v) is 4.50. The molecule has 0 N–H and O–H groups in total. The van der Waals surface area contributed by atoms with E-state index in [1.54, 1.807) is 0 Å². The maximum Gasteiger partial charge on any atom is 0.391 e. The summed E-state index contributed by atoms with van der Waals surface area (Å²) in [5.41, 5.74) is 0. The molecule has 2 nitrogen and oxygen atoms in total. The molecule has 1 heterocycles. The van der Waals surface area contributed by atoms with Gasteiger partial charge >= 0.3 is 12.4 Å². The summed E-state index contributed by atoms with van der Waals surface area (Å²) in [6, 6.07) is 0. The molecule has 1 aliphatic heterocycles. The van der Waals surface area contributed by atoms with Crippen molar-refractivity contribution in [2.75, 3.05) is 13.4 Å². The number of ether oxygens (including phenoxy) is 2. The molecule has 1 aliphatic rings. The summed E-state index contributed by atoms with van der Waals surface area (Å²) in [7, 11) is 0. The van der Waals surface area contributed by atoms with Crippen LogP contribution in [0.15, 0.2) is 0 Å². The quantitative estimate of drug-likeness (QED) is 0.703.